The minimum absolute atomic E-state index is 0.0456. The molecule has 1 aromatic heterocycles. The molecule has 6 heteroatoms. The number of aromatic amines is 1. The van der Waals surface area contributed by atoms with Crippen molar-refractivity contribution in [2.45, 2.75) is 58.4 Å². The highest BCUT2D eigenvalue weighted by Crippen LogP contribution is 2.10. The van der Waals surface area contributed by atoms with Crippen LogP contribution in [0.25, 0.3) is 0 Å². The Kier molecular flexibility index (Phi) is 6.17. The number of nitrogens with zero attached hydrogens (tertiary/aromatic N) is 3. The second-order valence-corrected chi connectivity index (χ2v) is 5.75. The van der Waals surface area contributed by atoms with E-state index in [9.17, 15) is 4.79 Å². The Morgan fingerprint density at radius 1 is 1.38 bits per heavy atom. The van der Waals surface area contributed by atoms with Crippen LogP contribution >= 0.6 is 0 Å². The first-order valence-electron chi connectivity index (χ1n) is 8.18. The number of nitrogens with one attached hydrogen (secondary N) is 2. The number of carbonyl (C=O) groups is 1. The van der Waals surface area contributed by atoms with E-state index >= 15 is 0 Å². The van der Waals surface area contributed by atoms with Crippen molar-refractivity contribution in [2.75, 3.05) is 19.6 Å². The molecule has 1 aromatic rings. The van der Waals surface area contributed by atoms with Gasteiger partial charge in [0.2, 0.25) is 5.82 Å². The van der Waals surface area contributed by atoms with Gasteiger partial charge in [0.1, 0.15) is 5.82 Å². The molecule has 0 spiro atoms. The highest BCUT2D eigenvalue weighted by atomic mass is 16.2. The van der Waals surface area contributed by atoms with E-state index in [1.165, 1.54) is 6.42 Å². The van der Waals surface area contributed by atoms with E-state index in [1.54, 1.807) is 0 Å². The van der Waals surface area contributed by atoms with Gasteiger partial charge in [-0.05, 0) is 32.2 Å². The van der Waals surface area contributed by atoms with E-state index in [4.69, 9.17) is 0 Å². The van der Waals surface area contributed by atoms with Crippen LogP contribution in [0.1, 0.15) is 62.4 Å². The third-order valence-corrected chi connectivity index (χ3v) is 3.88. The lowest BCUT2D eigenvalue weighted by molar-refractivity contribution is 0.0727. The average molecular weight is 293 g/mol. The molecule has 0 saturated carbocycles. The molecule has 1 unspecified atom stereocenters. The fourth-order valence-electron chi connectivity index (χ4n) is 2.68. The zero-order valence-electron chi connectivity index (χ0n) is 13.2. The van der Waals surface area contributed by atoms with Gasteiger partial charge in [-0.2, -0.15) is 0 Å². The van der Waals surface area contributed by atoms with E-state index in [1.807, 2.05) is 4.90 Å². The predicted molar refractivity (Wildman–Crippen MR) is 82.2 cm³/mol. The number of aryl methyl sites for hydroxylation is 1. The fourth-order valence-corrected chi connectivity index (χ4v) is 2.68. The summed E-state index contributed by atoms with van der Waals surface area (Å²) in [4.78, 5) is 18.8. The third-order valence-electron chi connectivity index (χ3n) is 3.88. The Balaban J connectivity index is 2.00. The molecule has 1 aliphatic rings. The van der Waals surface area contributed by atoms with Crippen LogP contribution in [0.5, 0.6) is 0 Å². The SMILES string of the molecule is CCCCN(CC1CCCN1)C(=O)c1n[nH]c(CCC)n1. The monoisotopic (exact) mass is 293 g/mol. The maximum Gasteiger partial charge on any atom is 0.293 e. The number of aromatic nitrogens is 3. The summed E-state index contributed by atoms with van der Waals surface area (Å²) in [6.45, 7) is 6.83. The fraction of sp³-hybridized carbons (Fsp3) is 0.800. The van der Waals surface area contributed by atoms with Crippen molar-refractivity contribution in [3.05, 3.63) is 11.6 Å². The number of hydrogen-bond donors (Lipinski definition) is 2. The summed E-state index contributed by atoms with van der Waals surface area (Å²) < 4.78 is 0. The number of rotatable bonds is 8. The average Bonchev–Trinajstić information content (AvgIpc) is 3.14. The summed E-state index contributed by atoms with van der Waals surface area (Å²) in [5.74, 6) is 1.07. The zero-order valence-corrected chi connectivity index (χ0v) is 13.2. The maximum atomic E-state index is 12.6. The van der Waals surface area contributed by atoms with E-state index in [2.05, 4.69) is 34.3 Å². The van der Waals surface area contributed by atoms with Crippen LogP contribution in [0.3, 0.4) is 0 Å². The van der Waals surface area contributed by atoms with Crippen molar-refractivity contribution in [1.29, 1.82) is 0 Å². The predicted octanol–water partition coefficient (Wildman–Crippen LogP) is 1.75. The summed E-state index contributed by atoms with van der Waals surface area (Å²) in [6.07, 6.45) is 6.27. The normalized spacial score (nSPS) is 18.1. The quantitative estimate of drug-likeness (QED) is 0.766. The first-order valence-corrected chi connectivity index (χ1v) is 8.18. The van der Waals surface area contributed by atoms with Crippen LogP contribution in [0.15, 0.2) is 0 Å². The second kappa shape index (κ2) is 8.12. The van der Waals surface area contributed by atoms with Crippen LogP contribution in [0.4, 0.5) is 0 Å². The van der Waals surface area contributed by atoms with Crippen molar-refractivity contribution in [3.63, 3.8) is 0 Å². The van der Waals surface area contributed by atoms with Gasteiger partial charge in [-0.3, -0.25) is 9.89 Å². The number of hydrogen-bond acceptors (Lipinski definition) is 4. The Bertz CT molecular complexity index is 439. The van der Waals surface area contributed by atoms with Crippen molar-refractivity contribution in [1.82, 2.24) is 25.4 Å². The van der Waals surface area contributed by atoms with Gasteiger partial charge in [-0.25, -0.2) is 4.98 Å². The van der Waals surface area contributed by atoms with Gasteiger partial charge >= 0.3 is 0 Å². The maximum absolute atomic E-state index is 12.6. The van der Waals surface area contributed by atoms with E-state index in [0.29, 0.717) is 11.9 Å². The van der Waals surface area contributed by atoms with Crippen molar-refractivity contribution >= 4 is 5.91 Å². The highest BCUT2D eigenvalue weighted by Gasteiger charge is 2.24. The molecule has 1 fully saturated rings. The number of H-pyrrole nitrogens is 1. The van der Waals surface area contributed by atoms with Gasteiger partial charge in [-0.1, -0.05) is 20.3 Å². The Labute approximate surface area is 126 Å². The van der Waals surface area contributed by atoms with Crippen LogP contribution in [-0.2, 0) is 6.42 Å². The minimum atomic E-state index is -0.0456. The van der Waals surface area contributed by atoms with Gasteiger partial charge < -0.3 is 10.2 Å². The molecule has 1 aliphatic heterocycles. The van der Waals surface area contributed by atoms with Gasteiger partial charge in [0.05, 0.1) is 0 Å². The van der Waals surface area contributed by atoms with Crippen molar-refractivity contribution in [3.8, 4) is 0 Å². The van der Waals surface area contributed by atoms with Gasteiger partial charge in [0.15, 0.2) is 0 Å². The number of carbonyl (C=O) groups excluding carboxylic acids is 1. The summed E-state index contributed by atoms with van der Waals surface area (Å²) >= 11 is 0. The lowest BCUT2D eigenvalue weighted by atomic mass is 10.2. The lowest BCUT2D eigenvalue weighted by Gasteiger charge is -2.24. The minimum Gasteiger partial charge on any atom is -0.334 e. The molecule has 21 heavy (non-hydrogen) atoms. The lowest BCUT2D eigenvalue weighted by Crippen LogP contribution is -2.42. The third kappa shape index (κ3) is 4.52. The molecule has 2 rings (SSSR count). The summed E-state index contributed by atoms with van der Waals surface area (Å²) in [6, 6.07) is 0.417. The summed E-state index contributed by atoms with van der Waals surface area (Å²) in [5, 5.41) is 10.4. The molecule has 0 aliphatic carbocycles. The van der Waals surface area contributed by atoms with E-state index in [0.717, 1.165) is 57.6 Å². The zero-order chi connectivity index (χ0) is 15.1. The first kappa shape index (κ1) is 15.9. The Morgan fingerprint density at radius 3 is 2.90 bits per heavy atom. The molecule has 2 heterocycles. The van der Waals surface area contributed by atoms with Crippen molar-refractivity contribution < 1.29 is 4.79 Å². The Hall–Kier alpha value is -1.43. The van der Waals surface area contributed by atoms with E-state index < -0.39 is 0 Å². The summed E-state index contributed by atoms with van der Waals surface area (Å²) in [5.41, 5.74) is 0. The summed E-state index contributed by atoms with van der Waals surface area (Å²) in [7, 11) is 0. The molecule has 6 nitrogen and oxygen atoms in total. The molecule has 0 aromatic carbocycles. The van der Waals surface area contributed by atoms with Crippen LogP contribution < -0.4 is 5.32 Å². The molecule has 1 amide bonds. The second-order valence-electron chi connectivity index (χ2n) is 5.75. The van der Waals surface area contributed by atoms with Crippen molar-refractivity contribution in [2.24, 2.45) is 0 Å². The molecule has 1 saturated heterocycles. The molecule has 1 atom stereocenters. The molecular weight excluding hydrogens is 266 g/mol. The van der Waals surface area contributed by atoms with Gasteiger partial charge in [0.25, 0.3) is 5.91 Å². The van der Waals surface area contributed by atoms with Gasteiger partial charge in [0, 0.05) is 25.6 Å². The largest absolute Gasteiger partial charge is 0.334 e. The molecular formula is C15H27N5O. The van der Waals surface area contributed by atoms with Crippen LogP contribution in [0, 0.1) is 0 Å². The molecule has 0 bridgehead atoms. The topological polar surface area (TPSA) is 73.9 Å². The first-order chi connectivity index (χ1) is 10.2. The highest BCUT2D eigenvalue weighted by molar-refractivity contribution is 5.90. The van der Waals surface area contributed by atoms with Crippen LogP contribution in [0.2, 0.25) is 0 Å². The Morgan fingerprint density at radius 2 is 2.24 bits per heavy atom. The van der Waals surface area contributed by atoms with E-state index in [-0.39, 0.29) is 5.91 Å². The number of amides is 1. The molecule has 2 N–H and O–H groups in total. The van der Waals surface area contributed by atoms with Crippen LogP contribution in [-0.4, -0.2) is 51.7 Å². The van der Waals surface area contributed by atoms with Gasteiger partial charge in [-0.15, -0.1) is 5.10 Å². The molecule has 118 valence electrons. The number of unbranched alkanes of at least 4 members (excludes halogenated alkanes) is 1. The smallest absolute Gasteiger partial charge is 0.293 e. The molecule has 0 radical (unpaired) electrons. The standard InChI is InChI=1S/C15H27N5O/c1-3-5-10-20(11-12-8-6-9-16-12)15(21)14-17-13(7-4-2)18-19-14/h12,16H,3-11H2,1-2H3,(H,17,18,19).